The Hall–Kier alpha value is -3.44. The second-order valence-corrected chi connectivity index (χ2v) is 10.0. The zero-order valence-corrected chi connectivity index (χ0v) is 19.5. The number of halogens is 1. The standard InChI is InChI=1S/C25H21ClN4O2S/c1-29(33(31,32)23-13-11-19(15-27)12-14-23)16-22-18-30(17-21-9-5-6-10-24(21)26)28-25(22)20-7-3-2-4-8-20/h2-14,18H,16-17H2,1H3. The third-order valence-corrected chi connectivity index (χ3v) is 7.45. The fraction of sp³-hybridized carbons (Fsp3) is 0.120. The molecule has 0 saturated heterocycles. The van der Waals surface area contributed by atoms with E-state index in [1.807, 2.05) is 66.9 Å². The van der Waals surface area contributed by atoms with Crippen LogP contribution in [-0.4, -0.2) is 29.6 Å². The highest BCUT2D eigenvalue weighted by Crippen LogP contribution is 2.26. The van der Waals surface area contributed by atoms with Gasteiger partial charge in [-0.05, 0) is 35.9 Å². The van der Waals surface area contributed by atoms with E-state index in [9.17, 15) is 8.42 Å². The molecule has 1 aromatic heterocycles. The van der Waals surface area contributed by atoms with E-state index in [2.05, 4.69) is 0 Å². The smallest absolute Gasteiger partial charge is 0.243 e. The van der Waals surface area contributed by atoms with Crippen LogP contribution in [0, 0.1) is 11.3 Å². The van der Waals surface area contributed by atoms with E-state index in [0.717, 1.165) is 16.7 Å². The summed E-state index contributed by atoms with van der Waals surface area (Å²) in [5.41, 5.74) is 3.71. The van der Waals surface area contributed by atoms with Crippen LogP contribution in [0.3, 0.4) is 0 Å². The van der Waals surface area contributed by atoms with Crippen molar-refractivity contribution in [3.63, 3.8) is 0 Å². The lowest BCUT2D eigenvalue weighted by Gasteiger charge is -2.17. The van der Waals surface area contributed by atoms with E-state index in [0.29, 0.717) is 22.8 Å². The van der Waals surface area contributed by atoms with Crippen LogP contribution < -0.4 is 0 Å². The Balaban J connectivity index is 1.67. The molecule has 166 valence electrons. The molecule has 0 aliphatic heterocycles. The van der Waals surface area contributed by atoms with E-state index in [4.69, 9.17) is 22.0 Å². The number of hydrogen-bond acceptors (Lipinski definition) is 4. The molecular formula is C25H21ClN4O2S. The maximum absolute atomic E-state index is 13.1. The van der Waals surface area contributed by atoms with Gasteiger partial charge in [0.2, 0.25) is 10.0 Å². The topological polar surface area (TPSA) is 79.0 Å². The summed E-state index contributed by atoms with van der Waals surface area (Å²) >= 11 is 6.32. The molecule has 0 bridgehead atoms. The minimum atomic E-state index is -3.75. The third kappa shape index (κ3) is 4.99. The number of nitrogens with zero attached hydrogens (tertiary/aromatic N) is 4. The fourth-order valence-electron chi connectivity index (χ4n) is 3.51. The van der Waals surface area contributed by atoms with Crippen molar-refractivity contribution in [1.82, 2.24) is 14.1 Å². The number of nitriles is 1. The molecule has 0 N–H and O–H groups in total. The SMILES string of the molecule is CN(Cc1cn(Cc2ccccc2Cl)nc1-c1ccccc1)S(=O)(=O)c1ccc(C#N)cc1. The van der Waals surface area contributed by atoms with Gasteiger partial charge in [-0.15, -0.1) is 0 Å². The van der Waals surface area contributed by atoms with Crippen molar-refractivity contribution in [3.05, 3.63) is 107 Å². The average molecular weight is 477 g/mol. The Kier molecular flexibility index (Phi) is 6.61. The van der Waals surface area contributed by atoms with E-state index < -0.39 is 10.0 Å². The predicted octanol–water partition coefficient (Wildman–Crippen LogP) is 4.94. The van der Waals surface area contributed by atoms with Gasteiger partial charge in [0.25, 0.3) is 0 Å². The maximum Gasteiger partial charge on any atom is 0.243 e. The molecule has 8 heteroatoms. The van der Waals surface area contributed by atoms with Crippen molar-refractivity contribution in [3.8, 4) is 17.3 Å². The second kappa shape index (κ2) is 9.59. The molecule has 0 unspecified atom stereocenters. The molecule has 0 atom stereocenters. The summed E-state index contributed by atoms with van der Waals surface area (Å²) in [5.74, 6) is 0. The molecule has 33 heavy (non-hydrogen) atoms. The molecule has 0 aliphatic carbocycles. The molecule has 1 heterocycles. The van der Waals surface area contributed by atoms with Crippen molar-refractivity contribution >= 4 is 21.6 Å². The normalized spacial score (nSPS) is 11.5. The largest absolute Gasteiger partial charge is 0.267 e. The minimum Gasteiger partial charge on any atom is -0.267 e. The molecule has 4 rings (SSSR count). The van der Waals surface area contributed by atoms with Gasteiger partial charge in [0.15, 0.2) is 0 Å². The first-order chi connectivity index (χ1) is 15.9. The van der Waals surface area contributed by atoms with Gasteiger partial charge < -0.3 is 0 Å². The molecule has 0 radical (unpaired) electrons. The number of sulfonamides is 1. The molecule has 0 spiro atoms. The van der Waals surface area contributed by atoms with Gasteiger partial charge in [-0.2, -0.15) is 14.7 Å². The number of rotatable bonds is 7. The van der Waals surface area contributed by atoms with Crippen molar-refractivity contribution in [1.29, 1.82) is 5.26 Å². The van der Waals surface area contributed by atoms with Crippen LogP contribution in [-0.2, 0) is 23.1 Å². The third-order valence-electron chi connectivity index (χ3n) is 5.26. The van der Waals surface area contributed by atoms with Crippen molar-refractivity contribution < 1.29 is 8.42 Å². The maximum atomic E-state index is 13.1. The fourth-order valence-corrected chi connectivity index (χ4v) is 4.85. The Bertz CT molecular complexity index is 1410. The van der Waals surface area contributed by atoms with Crippen molar-refractivity contribution in [2.75, 3.05) is 7.05 Å². The van der Waals surface area contributed by atoms with Crippen LogP contribution in [0.25, 0.3) is 11.3 Å². The van der Waals surface area contributed by atoms with Crippen molar-refractivity contribution in [2.45, 2.75) is 18.0 Å². The van der Waals surface area contributed by atoms with Gasteiger partial charge in [0.1, 0.15) is 0 Å². The van der Waals surface area contributed by atoms with E-state index in [1.54, 1.807) is 4.68 Å². The molecule has 3 aromatic carbocycles. The van der Waals surface area contributed by atoms with Crippen LogP contribution in [0.4, 0.5) is 0 Å². The quantitative estimate of drug-likeness (QED) is 0.378. The highest BCUT2D eigenvalue weighted by molar-refractivity contribution is 7.89. The average Bonchev–Trinajstić information content (AvgIpc) is 3.23. The predicted molar refractivity (Wildman–Crippen MR) is 128 cm³/mol. The molecule has 6 nitrogen and oxygen atoms in total. The first-order valence-corrected chi connectivity index (χ1v) is 12.0. The lowest BCUT2D eigenvalue weighted by molar-refractivity contribution is 0.467. The van der Waals surface area contributed by atoms with Gasteiger partial charge >= 0.3 is 0 Å². The zero-order chi connectivity index (χ0) is 23.4. The first kappa shape index (κ1) is 22.7. The summed E-state index contributed by atoms with van der Waals surface area (Å²) in [7, 11) is -2.22. The van der Waals surface area contributed by atoms with Gasteiger partial charge in [0.05, 0.1) is 28.8 Å². The molecule has 0 aliphatic rings. The first-order valence-electron chi connectivity index (χ1n) is 10.2. The summed E-state index contributed by atoms with van der Waals surface area (Å²) in [4.78, 5) is 0.133. The van der Waals surface area contributed by atoms with Gasteiger partial charge in [-0.25, -0.2) is 8.42 Å². The van der Waals surface area contributed by atoms with Crippen LogP contribution in [0.1, 0.15) is 16.7 Å². The lowest BCUT2D eigenvalue weighted by atomic mass is 10.1. The Morgan fingerprint density at radius 1 is 0.970 bits per heavy atom. The minimum absolute atomic E-state index is 0.133. The summed E-state index contributed by atoms with van der Waals surface area (Å²) in [6, 6.07) is 25.1. The van der Waals surface area contributed by atoms with Crippen LogP contribution >= 0.6 is 11.6 Å². The molecule has 0 saturated carbocycles. The highest BCUT2D eigenvalue weighted by atomic mass is 35.5. The lowest BCUT2D eigenvalue weighted by Crippen LogP contribution is -2.26. The summed E-state index contributed by atoms with van der Waals surface area (Å²) in [5, 5.41) is 14.4. The Morgan fingerprint density at radius 3 is 2.30 bits per heavy atom. The number of hydrogen-bond donors (Lipinski definition) is 0. The van der Waals surface area contributed by atoms with Gasteiger partial charge in [-0.1, -0.05) is 60.1 Å². The van der Waals surface area contributed by atoms with Gasteiger partial charge in [-0.3, -0.25) is 4.68 Å². The highest BCUT2D eigenvalue weighted by Gasteiger charge is 2.23. The Labute approximate surface area is 198 Å². The van der Waals surface area contributed by atoms with Gasteiger partial charge in [0, 0.05) is 35.9 Å². The number of benzene rings is 3. The van der Waals surface area contributed by atoms with Crippen LogP contribution in [0.5, 0.6) is 0 Å². The second-order valence-electron chi connectivity index (χ2n) is 7.56. The number of aromatic nitrogens is 2. The summed E-state index contributed by atoms with van der Waals surface area (Å²) in [6.45, 7) is 0.598. The zero-order valence-electron chi connectivity index (χ0n) is 17.9. The molecule has 4 aromatic rings. The van der Waals surface area contributed by atoms with Crippen molar-refractivity contribution in [2.24, 2.45) is 0 Å². The van der Waals surface area contributed by atoms with Crippen LogP contribution in [0.15, 0.2) is 90.0 Å². The summed E-state index contributed by atoms with van der Waals surface area (Å²) < 4.78 is 29.3. The molecule has 0 fully saturated rings. The van der Waals surface area contributed by atoms with Crippen LogP contribution in [0.2, 0.25) is 5.02 Å². The van der Waals surface area contributed by atoms with E-state index in [1.165, 1.54) is 35.6 Å². The monoisotopic (exact) mass is 476 g/mol. The molecular weight excluding hydrogens is 456 g/mol. The Morgan fingerprint density at radius 2 is 1.64 bits per heavy atom. The molecule has 0 amide bonds. The van der Waals surface area contributed by atoms with E-state index >= 15 is 0 Å². The van der Waals surface area contributed by atoms with E-state index in [-0.39, 0.29) is 11.4 Å². The summed E-state index contributed by atoms with van der Waals surface area (Å²) in [6.07, 6.45) is 1.86.